The number of anilines is 1. The van der Waals surface area contributed by atoms with Crippen LogP contribution >= 0.6 is 0 Å². The molecule has 0 atom stereocenters. The van der Waals surface area contributed by atoms with E-state index in [1.807, 2.05) is 0 Å². The Balaban J connectivity index is 2.63. The van der Waals surface area contributed by atoms with Gasteiger partial charge in [0, 0.05) is 29.4 Å². The van der Waals surface area contributed by atoms with Crippen molar-refractivity contribution in [3.8, 4) is 0 Å². The second kappa shape index (κ2) is 4.14. The van der Waals surface area contributed by atoms with Gasteiger partial charge in [-0.05, 0) is 13.0 Å². The molecule has 5 heteroatoms. The SMILES string of the molecule is CCOC(=O)c1cnc(N)c2cnccc12. The fourth-order valence-corrected chi connectivity index (χ4v) is 1.48. The van der Waals surface area contributed by atoms with Crippen LogP contribution in [-0.2, 0) is 4.74 Å². The van der Waals surface area contributed by atoms with Gasteiger partial charge in [-0.1, -0.05) is 0 Å². The third-order valence-corrected chi connectivity index (χ3v) is 2.22. The average molecular weight is 217 g/mol. The van der Waals surface area contributed by atoms with Gasteiger partial charge in [0.15, 0.2) is 0 Å². The number of hydrogen-bond acceptors (Lipinski definition) is 5. The van der Waals surface area contributed by atoms with Crippen molar-refractivity contribution in [3.05, 3.63) is 30.2 Å². The van der Waals surface area contributed by atoms with Crippen LogP contribution in [0.25, 0.3) is 10.8 Å². The van der Waals surface area contributed by atoms with Crippen LogP contribution in [0.5, 0.6) is 0 Å². The minimum absolute atomic E-state index is 0.329. The Hall–Kier alpha value is -2.17. The maximum atomic E-state index is 11.6. The van der Waals surface area contributed by atoms with E-state index < -0.39 is 5.97 Å². The summed E-state index contributed by atoms with van der Waals surface area (Å²) in [4.78, 5) is 19.5. The molecular formula is C11H11N3O2. The minimum Gasteiger partial charge on any atom is -0.462 e. The fourth-order valence-electron chi connectivity index (χ4n) is 1.48. The first-order chi connectivity index (χ1) is 7.74. The van der Waals surface area contributed by atoms with Gasteiger partial charge in [-0.25, -0.2) is 9.78 Å². The molecule has 0 aliphatic heterocycles. The highest BCUT2D eigenvalue weighted by Gasteiger charge is 2.13. The van der Waals surface area contributed by atoms with Crippen LogP contribution in [0, 0.1) is 0 Å². The van der Waals surface area contributed by atoms with E-state index in [1.165, 1.54) is 6.20 Å². The molecule has 0 fully saturated rings. The van der Waals surface area contributed by atoms with E-state index in [2.05, 4.69) is 9.97 Å². The number of nitrogens with two attached hydrogens (primary N) is 1. The van der Waals surface area contributed by atoms with Gasteiger partial charge >= 0.3 is 5.97 Å². The number of esters is 1. The summed E-state index contributed by atoms with van der Waals surface area (Å²) in [6, 6.07) is 1.72. The molecule has 2 aromatic heterocycles. The van der Waals surface area contributed by atoms with Gasteiger partial charge in [-0.15, -0.1) is 0 Å². The predicted octanol–water partition coefficient (Wildman–Crippen LogP) is 1.39. The Morgan fingerprint density at radius 1 is 1.44 bits per heavy atom. The van der Waals surface area contributed by atoms with E-state index in [-0.39, 0.29) is 0 Å². The van der Waals surface area contributed by atoms with Crippen LogP contribution in [0.2, 0.25) is 0 Å². The summed E-state index contributed by atoms with van der Waals surface area (Å²) < 4.78 is 4.94. The lowest BCUT2D eigenvalue weighted by molar-refractivity contribution is 0.0528. The van der Waals surface area contributed by atoms with Crippen LogP contribution < -0.4 is 5.73 Å². The lowest BCUT2D eigenvalue weighted by Crippen LogP contribution is -2.07. The molecule has 0 radical (unpaired) electrons. The van der Waals surface area contributed by atoms with E-state index in [0.29, 0.717) is 28.8 Å². The molecule has 0 aromatic carbocycles. The Labute approximate surface area is 92.3 Å². The molecule has 0 bridgehead atoms. The van der Waals surface area contributed by atoms with Gasteiger partial charge in [0.25, 0.3) is 0 Å². The molecular weight excluding hydrogens is 206 g/mol. The van der Waals surface area contributed by atoms with E-state index in [9.17, 15) is 4.79 Å². The number of nitrogens with zero attached hydrogens (tertiary/aromatic N) is 2. The normalized spacial score (nSPS) is 10.3. The van der Waals surface area contributed by atoms with Gasteiger partial charge in [-0.3, -0.25) is 4.98 Å². The highest BCUT2D eigenvalue weighted by molar-refractivity contribution is 6.06. The van der Waals surface area contributed by atoms with Gasteiger partial charge in [0.1, 0.15) is 5.82 Å². The van der Waals surface area contributed by atoms with Gasteiger partial charge in [0.05, 0.1) is 12.2 Å². The third-order valence-electron chi connectivity index (χ3n) is 2.22. The zero-order chi connectivity index (χ0) is 11.5. The molecule has 0 aliphatic rings. The maximum Gasteiger partial charge on any atom is 0.340 e. The number of carbonyl (C=O) groups is 1. The van der Waals surface area contributed by atoms with Crippen LogP contribution in [0.1, 0.15) is 17.3 Å². The zero-order valence-corrected chi connectivity index (χ0v) is 8.80. The minimum atomic E-state index is -0.397. The summed E-state index contributed by atoms with van der Waals surface area (Å²) in [7, 11) is 0. The zero-order valence-electron chi connectivity index (χ0n) is 8.80. The number of ether oxygens (including phenoxy) is 1. The third kappa shape index (κ3) is 1.67. The fraction of sp³-hybridized carbons (Fsp3) is 0.182. The highest BCUT2D eigenvalue weighted by atomic mass is 16.5. The van der Waals surface area contributed by atoms with Gasteiger partial charge in [0.2, 0.25) is 0 Å². The van der Waals surface area contributed by atoms with Crippen LogP contribution in [-0.4, -0.2) is 22.5 Å². The highest BCUT2D eigenvalue weighted by Crippen LogP contribution is 2.21. The van der Waals surface area contributed by atoms with Crippen molar-refractivity contribution in [1.82, 2.24) is 9.97 Å². The maximum absolute atomic E-state index is 11.6. The molecule has 2 rings (SSSR count). The monoisotopic (exact) mass is 217 g/mol. The van der Waals surface area contributed by atoms with Crippen molar-refractivity contribution in [1.29, 1.82) is 0 Å². The Kier molecular flexibility index (Phi) is 2.68. The van der Waals surface area contributed by atoms with Crippen molar-refractivity contribution in [2.24, 2.45) is 0 Å². The number of carbonyl (C=O) groups excluding carboxylic acids is 1. The molecule has 5 nitrogen and oxygen atoms in total. The van der Waals surface area contributed by atoms with Crippen molar-refractivity contribution >= 4 is 22.6 Å². The number of nitrogen functional groups attached to an aromatic ring is 1. The summed E-state index contributed by atoms with van der Waals surface area (Å²) in [5, 5.41) is 1.37. The molecule has 16 heavy (non-hydrogen) atoms. The first-order valence-electron chi connectivity index (χ1n) is 4.89. The number of rotatable bonds is 2. The van der Waals surface area contributed by atoms with E-state index >= 15 is 0 Å². The van der Waals surface area contributed by atoms with E-state index in [4.69, 9.17) is 10.5 Å². The van der Waals surface area contributed by atoms with Crippen LogP contribution in [0.3, 0.4) is 0 Å². The quantitative estimate of drug-likeness (QED) is 0.769. The van der Waals surface area contributed by atoms with Crippen LogP contribution in [0.4, 0.5) is 5.82 Å². The molecule has 0 amide bonds. The molecule has 0 spiro atoms. The molecule has 0 unspecified atom stereocenters. The number of fused-ring (bicyclic) bond motifs is 1. The number of hydrogen-bond donors (Lipinski definition) is 1. The number of aromatic nitrogens is 2. The van der Waals surface area contributed by atoms with Crippen molar-refractivity contribution in [2.45, 2.75) is 6.92 Å². The average Bonchev–Trinajstić information content (AvgIpc) is 2.30. The second-order valence-electron chi connectivity index (χ2n) is 3.20. The van der Waals surface area contributed by atoms with Gasteiger partial charge < -0.3 is 10.5 Å². The lowest BCUT2D eigenvalue weighted by atomic mass is 10.1. The van der Waals surface area contributed by atoms with Crippen molar-refractivity contribution in [2.75, 3.05) is 12.3 Å². The Morgan fingerprint density at radius 2 is 2.25 bits per heavy atom. The molecule has 2 N–H and O–H groups in total. The summed E-state index contributed by atoms with van der Waals surface area (Å²) in [5.74, 6) is -0.0395. The summed E-state index contributed by atoms with van der Waals surface area (Å²) in [6.45, 7) is 2.09. The topological polar surface area (TPSA) is 78.1 Å². The molecule has 0 aliphatic carbocycles. The first kappa shape index (κ1) is 10.4. The first-order valence-corrected chi connectivity index (χ1v) is 4.89. The van der Waals surface area contributed by atoms with Crippen molar-refractivity contribution < 1.29 is 9.53 Å². The summed E-state index contributed by atoms with van der Waals surface area (Å²) >= 11 is 0. The Morgan fingerprint density at radius 3 is 3.00 bits per heavy atom. The van der Waals surface area contributed by atoms with E-state index in [1.54, 1.807) is 25.4 Å². The lowest BCUT2D eigenvalue weighted by Gasteiger charge is -2.06. The smallest absolute Gasteiger partial charge is 0.340 e. The van der Waals surface area contributed by atoms with Crippen molar-refractivity contribution in [3.63, 3.8) is 0 Å². The summed E-state index contributed by atoms with van der Waals surface area (Å²) in [5.41, 5.74) is 6.11. The van der Waals surface area contributed by atoms with Crippen LogP contribution in [0.15, 0.2) is 24.7 Å². The second-order valence-corrected chi connectivity index (χ2v) is 3.20. The molecule has 0 saturated carbocycles. The molecule has 82 valence electrons. The molecule has 2 heterocycles. The largest absolute Gasteiger partial charge is 0.462 e. The number of pyridine rings is 2. The molecule has 2 aromatic rings. The molecule has 0 saturated heterocycles. The van der Waals surface area contributed by atoms with Gasteiger partial charge in [-0.2, -0.15) is 0 Å². The van der Waals surface area contributed by atoms with E-state index in [0.717, 1.165) is 0 Å². The predicted molar refractivity (Wildman–Crippen MR) is 59.9 cm³/mol. The standard InChI is InChI=1S/C11H11N3O2/c1-2-16-11(15)9-6-14-10(12)8-5-13-4-3-7(8)9/h3-6H,2H2,1H3,(H2,12,14). The Bertz CT molecular complexity index is 540. The summed E-state index contributed by atoms with van der Waals surface area (Å²) in [6.07, 6.45) is 4.61.